The largest absolute Gasteiger partial charge is 0.485 e. The summed E-state index contributed by atoms with van der Waals surface area (Å²) in [6, 6.07) is 19.2. The van der Waals surface area contributed by atoms with Gasteiger partial charge < -0.3 is 10.5 Å². The molecule has 0 fully saturated rings. The number of amides is 1. The summed E-state index contributed by atoms with van der Waals surface area (Å²) in [5.74, 6) is 0.0897. The van der Waals surface area contributed by atoms with Gasteiger partial charge in [0, 0.05) is 19.0 Å². The minimum Gasteiger partial charge on any atom is -0.485 e. The number of fused-ring (bicyclic) bond motifs is 2. The van der Waals surface area contributed by atoms with E-state index in [0.29, 0.717) is 22.4 Å². The second-order valence-corrected chi connectivity index (χ2v) is 8.53. The minimum absolute atomic E-state index is 0.0471. The second kappa shape index (κ2) is 7.87. The molecule has 176 valence electrons. The Kier molecular flexibility index (Phi) is 5.06. The lowest BCUT2D eigenvalue weighted by Gasteiger charge is -2.37. The number of guanidine groups is 1. The number of nitrogens with two attached hydrogens (primary N) is 1. The molecule has 3 aromatic carbocycles. The molecule has 0 radical (unpaired) electrons. The standard InChI is InChI=1S/C26H19F3N4O2/c1-33-23(34)25(32-24(33)31)13-22(16-5-8-19(9-6-16)26(27,28)29)35-21-10-7-18(12-20(21)25)17-4-2-3-15(11-17)14-30/h2-12,22H,13H2,1H3,(H2,31,32). The lowest BCUT2D eigenvalue weighted by Crippen LogP contribution is -2.43. The number of carbonyl (C=O) groups excluding carboxylic acids is 1. The van der Waals surface area contributed by atoms with Crippen LogP contribution in [0.15, 0.2) is 71.7 Å². The molecule has 2 aliphatic heterocycles. The second-order valence-electron chi connectivity index (χ2n) is 8.53. The van der Waals surface area contributed by atoms with Gasteiger partial charge >= 0.3 is 6.18 Å². The van der Waals surface area contributed by atoms with Crippen LogP contribution in [0.1, 0.15) is 34.8 Å². The van der Waals surface area contributed by atoms with E-state index in [0.717, 1.165) is 23.3 Å². The summed E-state index contributed by atoms with van der Waals surface area (Å²) in [7, 11) is 1.53. The highest BCUT2D eigenvalue weighted by Gasteiger charge is 2.53. The highest BCUT2D eigenvalue weighted by atomic mass is 19.4. The van der Waals surface area contributed by atoms with Gasteiger partial charge in [0.2, 0.25) is 0 Å². The van der Waals surface area contributed by atoms with Crippen LogP contribution in [0, 0.1) is 11.3 Å². The minimum atomic E-state index is -4.46. The van der Waals surface area contributed by atoms with Crippen molar-refractivity contribution in [2.24, 2.45) is 10.7 Å². The molecule has 2 unspecified atom stereocenters. The predicted molar refractivity (Wildman–Crippen MR) is 122 cm³/mol. The number of carbonyl (C=O) groups is 1. The summed E-state index contributed by atoms with van der Waals surface area (Å²) in [6.07, 6.45) is -5.11. The van der Waals surface area contributed by atoms with Crippen LogP contribution in [-0.4, -0.2) is 23.8 Å². The first kappa shape index (κ1) is 22.5. The molecule has 0 saturated heterocycles. The van der Waals surface area contributed by atoms with Crippen LogP contribution in [0.5, 0.6) is 5.75 Å². The first-order valence-electron chi connectivity index (χ1n) is 10.7. The maximum Gasteiger partial charge on any atom is 0.416 e. The van der Waals surface area contributed by atoms with E-state index in [1.54, 1.807) is 36.4 Å². The van der Waals surface area contributed by atoms with Gasteiger partial charge in [-0.3, -0.25) is 9.69 Å². The number of nitriles is 1. The summed E-state index contributed by atoms with van der Waals surface area (Å²) >= 11 is 0. The highest BCUT2D eigenvalue weighted by molar-refractivity contribution is 6.07. The molecule has 0 aliphatic carbocycles. The number of hydrogen-bond donors (Lipinski definition) is 1. The Morgan fingerprint density at radius 1 is 1.11 bits per heavy atom. The van der Waals surface area contributed by atoms with Crippen LogP contribution in [-0.2, 0) is 16.5 Å². The van der Waals surface area contributed by atoms with Crippen molar-refractivity contribution in [3.8, 4) is 22.9 Å². The van der Waals surface area contributed by atoms with Crippen LogP contribution in [0.4, 0.5) is 13.2 Å². The SMILES string of the molecule is CN1C(=O)C2(CC(c3ccc(C(F)(F)F)cc3)Oc3ccc(-c4cccc(C#N)c4)cc32)N=C1N. The summed E-state index contributed by atoms with van der Waals surface area (Å²) in [4.78, 5) is 19.3. The van der Waals surface area contributed by atoms with Crippen molar-refractivity contribution in [2.75, 3.05) is 7.05 Å². The number of alkyl halides is 3. The topological polar surface area (TPSA) is 91.7 Å². The van der Waals surface area contributed by atoms with Crippen molar-refractivity contribution in [3.05, 3.63) is 89.0 Å². The molecule has 0 saturated carbocycles. The fourth-order valence-electron chi connectivity index (χ4n) is 4.56. The third kappa shape index (κ3) is 3.67. The summed E-state index contributed by atoms with van der Waals surface area (Å²) in [5, 5.41) is 9.25. The van der Waals surface area contributed by atoms with Crippen molar-refractivity contribution in [1.82, 2.24) is 4.90 Å². The molecule has 9 heteroatoms. The zero-order chi connectivity index (χ0) is 25.0. The van der Waals surface area contributed by atoms with Gasteiger partial charge in [-0.25, -0.2) is 4.99 Å². The van der Waals surface area contributed by atoms with E-state index < -0.39 is 23.4 Å². The molecule has 0 bridgehead atoms. The van der Waals surface area contributed by atoms with Crippen molar-refractivity contribution in [2.45, 2.75) is 24.2 Å². The Labute approximate surface area is 199 Å². The van der Waals surface area contributed by atoms with E-state index in [-0.39, 0.29) is 18.3 Å². The van der Waals surface area contributed by atoms with Crippen molar-refractivity contribution >= 4 is 11.9 Å². The van der Waals surface area contributed by atoms with E-state index in [1.165, 1.54) is 24.1 Å². The monoisotopic (exact) mass is 476 g/mol. The fourth-order valence-corrected chi connectivity index (χ4v) is 4.56. The van der Waals surface area contributed by atoms with Crippen molar-refractivity contribution in [1.29, 1.82) is 5.26 Å². The van der Waals surface area contributed by atoms with Crippen LogP contribution in [0.3, 0.4) is 0 Å². The van der Waals surface area contributed by atoms with Crippen LogP contribution in [0.2, 0.25) is 0 Å². The maximum absolute atomic E-state index is 13.4. The molecule has 2 N–H and O–H groups in total. The van der Waals surface area contributed by atoms with Crippen molar-refractivity contribution in [3.63, 3.8) is 0 Å². The van der Waals surface area contributed by atoms with E-state index in [2.05, 4.69) is 11.1 Å². The molecule has 1 amide bonds. The Morgan fingerprint density at radius 2 is 1.83 bits per heavy atom. The number of rotatable bonds is 2. The van der Waals surface area contributed by atoms with E-state index in [9.17, 15) is 23.2 Å². The number of aliphatic imine (C=N–C) groups is 1. The van der Waals surface area contributed by atoms with Gasteiger partial charge in [0.1, 0.15) is 11.9 Å². The van der Waals surface area contributed by atoms with Crippen molar-refractivity contribution < 1.29 is 22.7 Å². The normalized spacial score (nSPS) is 21.3. The Bertz CT molecular complexity index is 1410. The number of benzene rings is 3. The molecular weight excluding hydrogens is 457 g/mol. The highest BCUT2D eigenvalue weighted by Crippen LogP contribution is 2.50. The van der Waals surface area contributed by atoms with E-state index in [4.69, 9.17) is 10.5 Å². The Hall–Kier alpha value is -4.32. The Morgan fingerprint density at radius 3 is 2.46 bits per heavy atom. The zero-order valence-electron chi connectivity index (χ0n) is 18.5. The van der Waals surface area contributed by atoms with Gasteiger partial charge in [0.25, 0.3) is 5.91 Å². The van der Waals surface area contributed by atoms with Gasteiger partial charge in [-0.1, -0.05) is 30.3 Å². The van der Waals surface area contributed by atoms with Gasteiger partial charge in [0.05, 0.1) is 17.2 Å². The first-order valence-corrected chi connectivity index (χ1v) is 10.7. The summed E-state index contributed by atoms with van der Waals surface area (Å²) < 4.78 is 45.3. The van der Waals surface area contributed by atoms with Crippen LogP contribution in [0.25, 0.3) is 11.1 Å². The molecule has 5 rings (SSSR count). The lowest BCUT2D eigenvalue weighted by atomic mass is 9.79. The molecule has 1 spiro atoms. The predicted octanol–water partition coefficient (Wildman–Crippen LogP) is 4.75. The average molecular weight is 476 g/mol. The number of halogens is 3. The first-order chi connectivity index (χ1) is 16.6. The van der Waals surface area contributed by atoms with Crippen LogP contribution >= 0.6 is 0 Å². The molecule has 0 aromatic heterocycles. The smallest absolute Gasteiger partial charge is 0.416 e. The van der Waals surface area contributed by atoms with E-state index in [1.807, 2.05) is 6.07 Å². The van der Waals surface area contributed by atoms with Gasteiger partial charge in [-0.2, -0.15) is 18.4 Å². The quantitative estimate of drug-likeness (QED) is 0.578. The third-order valence-corrected chi connectivity index (χ3v) is 6.42. The molecule has 35 heavy (non-hydrogen) atoms. The van der Waals surface area contributed by atoms with Gasteiger partial charge in [-0.15, -0.1) is 0 Å². The molecule has 6 nitrogen and oxygen atoms in total. The zero-order valence-corrected chi connectivity index (χ0v) is 18.5. The molecule has 2 atom stereocenters. The average Bonchev–Trinajstić information content (AvgIpc) is 3.07. The Balaban J connectivity index is 1.61. The molecule has 2 heterocycles. The lowest BCUT2D eigenvalue weighted by molar-refractivity contribution is -0.137. The number of ether oxygens (including phenoxy) is 1. The maximum atomic E-state index is 13.4. The number of hydrogen-bond acceptors (Lipinski definition) is 5. The van der Waals surface area contributed by atoms with Gasteiger partial charge in [0.15, 0.2) is 11.5 Å². The van der Waals surface area contributed by atoms with Gasteiger partial charge in [-0.05, 0) is 53.1 Å². The van der Waals surface area contributed by atoms with Crippen LogP contribution < -0.4 is 10.5 Å². The fraction of sp³-hybridized carbons (Fsp3) is 0.192. The molecule has 3 aromatic rings. The molecular formula is C26H19F3N4O2. The van der Waals surface area contributed by atoms with E-state index >= 15 is 0 Å². The summed E-state index contributed by atoms with van der Waals surface area (Å²) in [6.45, 7) is 0. The third-order valence-electron chi connectivity index (χ3n) is 6.42. The molecule has 2 aliphatic rings. The summed E-state index contributed by atoms with van der Waals surface area (Å²) in [5.41, 5.74) is 6.90. The number of likely N-dealkylation sites (N-methyl/N-ethyl adjacent to an activating group) is 1. The number of nitrogens with zero attached hydrogens (tertiary/aromatic N) is 3.